The summed E-state index contributed by atoms with van der Waals surface area (Å²) in [5.41, 5.74) is 0.0349. The molecule has 2 heterocycles. The maximum Gasteiger partial charge on any atom is 0.193 e. The number of benzene rings is 1. The molecule has 5 nitrogen and oxygen atoms in total. The first-order chi connectivity index (χ1) is 11.6. The molecule has 1 unspecified atom stereocenters. The first-order valence-corrected chi connectivity index (χ1v) is 9.52. The van der Waals surface area contributed by atoms with Gasteiger partial charge in [-0.3, -0.25) is 4.99 Å². The number of hydrogen-bond donors (Lipinski definition) is 2. The maximum absolute atomic E-state index is 13.9. The number of guanidine groups is 1. The van der Waals surface area contributed by atoms with Crippen LogP contribution in [-0.2, 0) is 0 Å². The molecule has 0 saturated carbocycles. The Morgan fingerprint density at radius 2 is 2.04 bits per heavy atom. The summed E-state index contributed by atoms with van der Waals surface area (Å²) in [5, 5.41) is 13.8. The number of piperazine rings is 1. The first-order valence-electron chi connectivity index (χ1n) is 8.36. The molecule has 25 heavy (non-hydrogen) atoms. The molecule has 0 radical (unpaired) electrons. The molecule has 2 aliphatic heterocycles. The number of nitrogens with zero attached hydrogens (tertiary/aromatic N) is 3. The molecule has 2 N–H and O–H groups in total. The number of para-hydroxylation sites is 1. The van der Waals surface area contributed by atoms with Crippen molar-refractivity contribution in [3.63, 3.8) is 0 Å². The molecule has 0 aliphatic carbocycles. The van der Waals surface area contributed by atoms with Crippen molar-refractivity contribution >= 4 is 47.4 Å². The van der Waals surface area contributed by atoms with Gasteiger partial charge in [0.15, 0.2) is 5.96 Å². The van der Waals surface area contributed by atoms with Crippen LogP contribution in [-0.4, -0.2) is 72.8 Å². The molecule has 0 aromatic heterocycles. The van der Waals surface area contributed by atoms with Gasteiger partial charge in [-0.05, 0) is 24.3 Å². The number of thioether (sulfide) groups is 1. The van der Waals surface area contributed by atoms with Crippen molar-refractivity contribution in [2.75, 3.05) is 56.2 Å². The van der Waals surface area contributed by atoms with Gasteiger partial charge in [-0.2, -0.15) is 11.8 Å². The monoisotopic (exact) mass is 480 g/mol. The Labute approximate surface area is 170 Å². The third kappa shape index (κ3) is 5.13. The lowest BCUT2D eigenvalue weighted by Crippen LogP contribution is -2.55. The molecule has 1 aromatic carbocycles. The van der Waals surface area contributed by atoms with E-state index in [-0.39, 0.29) is 29.8 Å². The third-order valence-electron chi connectivity index (χ3n) is 4.64. The van der Waals surface area contributed by atoms with Crippen LogP contribution >= 0.6 is 35.7 Å². The van der Waals surface area contributed by atoms with E-state index in [1.54, 1.807) is 24.9 Å². The normalized spacial score (nSPS) is 24.2. The molecule has 0 bridgehead atoms. The van der Waals surface area contributed by atoms with Crippen molar-refractivity contribution in [2.45, 2.75) is 12.0 Å². The summed E-state index contributed by atoms with van der Waals surface area (Å²) >= 11 is 1.79. The quantitative estimate of drug-likeness (QED) is 0.394. The zero-order chi connectivity index (χ0) is 17.0. The minimum Gasteiger partial charge on any atom is -0.387 e. The van der Waals surface area contributed by atoms with Crippen LogP contribution < -0.4 is 10.2 Å². The molecular weight excluding hydrogens is 454 g/mol. The first kappa shape index (κ1) is 20.6. The summed E-state index contributed by atoms with van der Waals surface area (Å²) < 4.78 is 13.9. The summed E-state index contributed by atoms with van der Waals surface area (Å²) in [6, 6.07) is 6.91. The number of nitrogens with one attached hydrogen (secondary N) is 1. The Morgan fingerprint density at radius 1 is 1.32 bits per heavy atom. The fourth-order valence-electron chi connectivity index (χ4n) is 3.18. The van der Waals surface area contributed by atoms with Crippen LogP contribution in [0.15, 0.2) is 29.3 Å². The van der Waals surface area contributed by atoms with E-state index < -0.39 is 5.60 Å². The predicted octanol–water partition coefficient (Wildman–Crippen LogP) is 2.01. The highest BCUT2D eigenvalue weighted by Gasteiger charge is 2.32. The average Bonchev–Trinajstić information content (AvgIpc) is 3.03. The third-order valence-corrected chi connectivity index (χ3v) is 5.88. The standard InChI is InChI=1S/C17H25FN4OS.HI/c1-19-16(20-12-17(23)6-11-24-13-17)22-9-7-21(8-10-22)15-5-3-2-4-14(15)18;/h2-5,23H,6-13H2,1H3,(H,19,20);1H. The van der Waals surface area contributed by atoms with E-state index in [9.17, 15) is 9.50 Å². The van der Waals surface area contributed by atoms with E-state index in [4.69, 9.17) is 0 Å². The minimum atomic E-state index is -0.629. The van der Waals surface area contributed by atoms with Crippen LogP contribution in [0.5, 0.6) is 0 Å². The number of aliphatic imine (C=N–C) groups is 1. The van der Waals surface area contributed by atoms with Crippen molar-refractivity contribution in [1.82, 2.24) is 10.2 Å². The molecule has 1 atom stereocenters. The van der Waals surface area contributed by atoms with Gasteiger partial charge in [-0.1, -0.05) is 12.1 Å². The van der Waals surface area contributed by atoms with Gasteiger partial charge in [0.2, 0.25) is 0 Å². The Balaban J connectivity index is 0.00000225. The number of anilines is 1. The van der Waals surface area contributed by atoms with Gasteiger partial charge in [0.1, 0.15) is 5.82 Å². The Bertz CT molecular complexity index is 590. The van der Waals surface area contributed by atoms with Crippen LogP contribution in [0.2, 0.25) is 0 Å². The average molecular weight is 480 g/mol. The zero-order valence-corrected chi connectivity index (χ0v) is 17.6. The van der Waals surface area contributed by atoms with Gasteiger partial charge in [-0.15, -0.1) is 24.0 Å². The number of hydrogen-bond acceptors (Lipinski definition) is 4. The SMILES string of the molecule is CN=C(NCC1(O)CCSC1)N1CCN(c2ccccc2F)CC1.I. The van der Waals surface area contributed by atoms with E-state index in [0.717, 1.165) is 50.1 Å². The van der Waals surface area contributed by atoms with E-state index in [0.29, 0.717) is 12.2 Å². The lowest BCUT2D eigenvalue weighted by atomic mass is 10.0. The lowest BCUT2D eigenvalue weighted by molar-refractivity contribution is 0.0716. The van der Waals surface area contributed by atoms with Crippen molar-refractivity contribution in [2.24, 2.45) is 4.99 Å². The molecule has 1 aromatic rings. The fraction of sp³-hybridized carbons (Fsp3) is 0.588. The Hall–Kier alpha value is -0.740. The second-order valence-electron chi connectivity index (χ2n) is 6.35. The van der Waals surface area contributed by atoms with Crippen molar-refractivity contribution in [3.05, 3.63) is 30.1 Å². The summed E-state index contributed by atoms with van der Waals surface area (Å²) in [5.74, 6) is 2.43. The van der Waals surface area contributed by atoms with Crippen molar-refractivity contribution in [1.29, 1.82) is 0 Å². The van der Waals surface area contributed by atoms with Gasteiger partial charge in [0.05, 0.1) is 11.3 Å². The highest BCUT2D eigenvalue weighted by atomic mass is 127. The van der Waals surface area contributed by atoms with E-state index in [1.807, 2.05) is 12.1 Å². The number of halogens is 2. The molecule has 8 heteroatoms. The molecule has 2 aliphatic rings. The molecule has 3 rings (SSSR count). The van der Waals surface area contributed by atoms with Crippen LogP contribution in [0, 0.1) is 5.82 Å². The number of aliphatic hydroxyl groups is 1. The van der Waals surface area contributed by atoms with Gasteiger partial charge in [0.25, 0.3) is 0 Å². The fourth-order valence-corrected chi connectivity index (χ4v) is 4.47. The second-order valence-corrected chi connectivity index (χ2v) is 7.46. The van der Waals surface area contributed by atoms with E-state index in [1.165, 1.54) is 6.07 Å². The summed E-state index contributed by atoms with van der Waals surface area (Å²) in [6.07, 6.45) is 0.822. The molecule has 140 valence electrons. The zero-order valence-electron chi connectivity index (χ0n) is 14.4. The molecular formula is C17H26FIN4OS. The largest absolute Gasteiger partial charge is 0.387 e. The Kier molecular flexibility index (Phi) is 7.63. The van der Waals surface area contributed by atoms with Crippen LogP contribution in [0.3, 0.4) is 0 Å². The summed E-state index contributed by atoms with van der Waals surface area (Å²) in [7, 11) is 1.76. The molecule has 0 spiro atoms. The van der Waals surface area contributed by atoms with Gasteiger partial charge < -0.3 is 20.2 Å². The predicted molar refractivity (Wildman–Crippen MR) is 114 cm³/mol. The second kappa shape index (κ2) is 9.27. The minimum absolute atomic E-state index is 0. The van der Waals surface area contributed by atoms with Crippen LogP contribution in [0.25, 0.3) is 0 Å². The van der Waals surface area contributed by atoms with Crippen molar-refractivity contribution < 1.29 is 9.50 Å². The topological polar surface area (TPSA) is 51.1 Å². The van der Waals surface area contributed by atoms with Gasteiger partial charge >= 0.3 is 0 Å². The summed E-state index contributed by atoms with van der Waals surface area (Å²) in [4.78, 5) is 8.58. The van der Waals surface area contributed by atoms with Crippen LogP contribution in [0.1, 0.15) is 6.42 Å². The van der Waals surface area contributed by atoms with E-state index >= 15 is 0 Å². The molecule has 2 fully saturated rings. The van der Waals surface area contributed by atoms with Crippen molar-refractivity contribution in [3.8, 4) is 0 Å². The molecule has 0 amide bonds. The lowest BCUT2D eigenvalue weighted by Gasteiger charge is -2.38. The Morgan fingerprint density at radius 3 is 2.64 bits per heavy atom. The van der Waals surface area contributed by atoms with Crippen LogP contribution in [0.4, 0.5) is 10.1 Å². The highest BCUT2D eigenvalue weighted by molar-refractivity contribution is 14.0. The maximum atomic E-state index is 13.9. The van der Waals surface area contributed by atoms with Gasteiger partial charge in [-0.25, -0.2) is 4.39 Å². The summed E-state index contributed by atoms with van der Waals surface area (Å²) in [6.45, 7) is 3.59. The molecule has 2 saturated heterocycles. The highest BCUT2D eigenvalue weighted by Crippen LogP contribution is 2.27. The van der Waals surface area contributed by atoms with Gasteiger partial charge in [0, 0.05) is 45.5 Å². The number of rotatable bonds is 3. The smallest absolute Gasteiger partial charge is 0.193 e. The van der Waals surface area contributed by atoms with E-state index in [2.05, 4.69) is 20.1 Å².